The number of nitrogens with zero attached hydrogens (tertiary/aromatic N) is 1. The molecule has 108 valence electrons. The van der Waals surface area contributed by atoms with Crippen LogP contribution < -0.4 is 0 Å². The summed E-state index contributed by atoms with van der Waals surface area (Å²) in [6.07, 6.45) is 4.33. The van der Waals surface area contributed by atoms with E-state index in [4.69, 9.17) is 4.74 Å². The van der Waals surface area contributed by atoms with Crippen LogP contribution in [0.25, 0.3) is 0 Å². The van der Waals surface area contributed by atoms with E-state index in [1.807, 2.05) is 0 Å². The Labute approximate surface area is 109 Å². The molecule has 1 fully saturated rings. The van der Waals surface area contributed by atoms with Gasteiger partial charge in [0.2, 0.25) is 0 Å². The van der Waals surface area contributed by atoms with Gasteiger partial charge in [0.1, 0.15) is 5.25 Å². The summed E-state index contributed by atoms with van der Waals surface area (Å²) in [5.41, 5.74) is -5.02. The molecule has 0 aromatic rings. The first-order chi connectivity index (χ1) is 8.84. The van der Waals surface area contributed by atoms with Crippen molar-refractivity contribution < 1.29 is 26.3 Å². The highest BCUT2D eigenvalue weighted by molar-refractivity contribution is 7.93. The van der Waals surface area contributed by atoms with Crippen molar-refractivity contribution in [1.82, 2.24) is 4.90 Å². The summed E-state index contributed by atoms with van der Waals surface area (Å²) in [5.74, 6) is 0. The first-order valence-electron chi connectivity index (χ1n) is 5.83. The van der Waals surface area contributed by atoms with Gasteiger partial charge in [-0.3, -0.25) is 0 Å². The molecule has 0 aromatic carbocycles. The van der Waals surface area contributed by atoms with Gasteiger partial charge in [-0.1, -0.05) is 12.2 Å². The molecule has 1 saturated heterocycles. The second-order valence-electron chi connectivity index (χ2n) is 4.33. The fourth-order valence-electron chi connectivity index (χ4n) is 2.17. The highest BCUT2D eigenvalue weighted by atomic mass is 32.2. The van der Waals surface area contributed by atoms with Crippen LogP contribution >= 0.6 is 0 Å². The van der Waals surface area contributed by atoms with Gasteiger partial charge in [-0.2, -0.15) is 13.2 Å². The second-order valence-corrected chi connectivity index (χ2v) is 6.46. The maximum Gasteiger partial charge on any atom is 0.498 e. The molecule has 1 atom stereocenters. The molecule has 2 rings (SSSR count). The van der Waals surface area contributed by atoms with E-state index in [1.165, 1.54) is 12.2 Å². The van der Waals surface area contributed by atoms with Gasteiger partial charge in [-0.15, -0.1) is 0 Å². The van der Waals surface area contributed by atoms with Crippen LogP contribution in [0.1, 0.15) is 6.42 Å². The number of ether oxygens (including phenoxy) is 1. The number of rotatable bonds is 2. The lowest BCUT2D eigenvalue weighted by Crippen LogP contribution is -2.44. The maximum atomic E-state index is 12.7. The van der Waals surface area contributed by atoms with Crippen molar-refractivity contribution in [3.8, 4) is 0 Å². The summed E-state index contributed by atoms with van der Waals surface area (Å²) < 4.78 is 66.4. The zero-order valence-corrected chi connectivity index (χ0v) is 10.9. The average molecular weight is 297 g/mol. The van der Waals surface area contributed by atoms with Gasteiger partial charge in [0, 0.05) is 18.8 Å². The molecule has 2 aliphatic rings. The Morgan fingerprint density at radius 3 is 2.47 bits per heavy atom. The van der Waals surface area contributed by atoms with Gasteiger partial charge in [0.25, 0.3) is 9.84 Å². The SMILES string of the molecule is O=S(=O)(C1CC=CC=C1N1CCOCC1)C(F)(F)F. The summed E-state index contributed by atoms with van der Waals surface area (Å²) in [7, 11) is -5.20. The standard InChI is InChI=1S/C11H14F3NO3S/c12-11(13,14)19(16,17)10-4-2-1-3-9(10)15-5-7-18-8-6-15/h1-3,10H,4-8H2. The number of halogens is 3. The summed E-state index contributed by atoms with van der Waals surface area (Å²) in [5, 5.41) is -1.55. The van der Waals surface area contributed by atoms with Gasteiger partial charge in [-0.25, -0.2) is 8.42 Å². The van der Waals surface area contributed by atoms with E-state index in [2.05, 4.69) is 0 Å². The topological polar surface area (TPSA) is 46.6 Å². The van der Waals surface area contributed by atoms with Gasteiger partial charge in [-0.05, 0) is 12.5 Å². The van der Waals surface area contributed by atoms with E-state index in [-0.39, 0.29) is 12.1 Å². The summed E-state index contributed by atoms with van der Waals surface area (Å²) in [6.45, 7) is 1.59. The van der Waals surface area contributed by atoms with Crippen LogP contribution in [0.2, 0.25) is 0 Å². The van der Waals surface area contributed by atoms with Gasteiger partial charge in [0.15, 0.2) is 0 Å². The molecule has 1 heterocycles. The monoisotopic (exact) mass is 297 g/mol. The van der Waals surface area contributed by atoms with E-state index in [9.17, 15) is 21.6 Å². The Hall–Kier alpha value is -1.02. The minimum absolute atomic E-state index is 0.148. The number of allylic oxidation sites excluding steroid dienone is 3. The molecule has 0 spiro atoms. The molecule has 1 unspecified atom stereocenters. The minimum Gasteiger partial charge on any atom is -0.378 e. The number of morpholine rings is 1. The van der Waals surface area contributed by atoms with Crippen molar-refractivity contribution in [2.24, 2.45) is 0 Å². The Morgan fingerprint density at radius 1 is 1.26 bits per heavy atom. The Morgan fingerprint density at radius 2 is 1.89 bits per heavy atom. The number of hydrogen-bond donors (Lipinski definition) is 0. The quantitative estimate of drug-likeness (QED) is 0.774. The molecule has 0 saturated carbocycles. The zero-order valence-electron chi connectivity index (χ0n) is 10.1. The molecule has 0 bridgehead atoms. The van der Waals surface area contributed by atoms with E-state index < -0.39 is 20.6 Å². The van der Waals surface area contributed by atoms with Crippen LogP contribution in [-0.4, -0.2) is 50.4 Å². The van der Waals surface area contributed by atoms with Crippen LogP contribution in [0.4, 0.5) is 13.2 Å². The molecule has 19 heavy (non-hydrogen) atoms. The van der Waals surface area contributed by atoms with E-state index in [0.717, 1.165) is 0 Å². The summed E-state index contributed by atoms with van der Waals surface area (Å²) in [6, 6.07) is 0. The molecular formula is C11H14F3NO3S. The summed E-state index contributed by atoms with van der Waals surface area (Å²) in [4.78, 5) is 1.65. The summed E-state index contributed by atoms with van der Waals surface area (Å²) >= 11 is 0. The molecule has 1 aliphatic heterocycles. The fraction of sp³-hybridized carbons (Fsp3) is 0.636. The van der Waals surface area contributed by atoms with Crippen LogP contribution in [0.3, 0.4) is 0 Å². The van der Waals surface area contributed by atoms with Crippen molar-refractivity contribution in [2.45, 2.75) is 17.2 Å². The van der Waals surface area contributed by atoms with Crippen LogP contribution in [0.5, 0.6) is 0 Å². The average Bonchev–Trinajstić information content (AvgIpc) is 2.38. The van der Waals surface area contributed by atoms with Gasteiger partial charge < -0.3 is 9.64 Å². The van der Waals surface area contributed by atoms with Crippen molar-refractivity contribution >= 4 is 9.84 Å². The zero-order chi connectivity index (χ0) is 14.1. The highest BCUT2D eigenvalue weighted by Gasteiger charge is 2.52. The Balaban J connectivity index is 2.30. The molecule has 1 aliphatic carbocycles. The molecule has 8 heteroatoms. The first kappa shape index (κ1) is 14.4. The first-order valence-corrected chi connectivity index (χ1v) is 7.38. The Kier molecular flexibility index (Phi) is 3.91. The van der Waals surface area contributed by atoms with Crippen molar-refractivity contribution in [3.63, 3.8) is 0 Å². The van der Waals surface area contributed by atoms with Gasteiger partial charge in [0.05, 0.1) is 13.2 Å². The second kappa shape index (κ2) is 5.16. The highest BCUT2D eigenvalue weighted by Crippen LogP contribution is 2.34. The molecule has 0 radical (unpaired) electrons. The smallest absolute Gasteiger partial charge is 0.378 e. The van der Waals surface area contributed by atoms with Crippen molar-refractivity contribution in [1.29, 1.82) is 0 Å². The predicted molar refractivity (Wildman–Crippen MR) is 63.0 cm³/mol. The van der Waals surface area contributed by atoms with E-state index in [0.29, 0.717) is 26.3 Å². The number of sulfone groups is 1. The largest absolute Gasteiger partial charge is 0.498 e. The molecule has 4 nitrogen and oxygen atoms in total. The van der Waals surface area contributed by atoms with E-state index in [1.54, 1.807) is 11.0 Å². The van der Waals surface area contributed by atoms with Gasteiger partial charge >= 0.3 is 5.51 Å². The lowest BCUT2D eigenvalue weighted by Gasteiger charge is -2.35. The van der Waals surface area contributed by atoms with Crippen molar-refractivity contribution in [3.05, 3.63) is 23.9 Å². The number of alkyl halides is 3. The molecule has 0 N–H and O–H groups in total. The van der Waals surface area contributed by atoms with Crippen LogP contribution in [0.15, 0.2) is 23.9 Å². The Bertz CT molecular complexity index is 490. The molecule has 0 amide bonds. The number of hydrogen-bond acceptors (Lipinski definition) is 4. The minimum atomic E-state index is -5.23. The normalized spacial score (nSPS) is 25.3. The van der Waals surface area contributed by atoms with E-state index >= 15 is 0 Å². The molecular weight excluding hydrogens is 283 g/mol. The molecule has 0 aromatic heterocycles. The predicted octanol–water partition coefficient (Wildman–Crippen LogP) is 1.47. The lowest BCUT2D eigenvalue weighted by atomic mass is 10.1. The van der Waals surface area contributed by atoms with Crippen LogP contribution in [0, 0.1) is 0 Å². The third-order valence-corrected chi connectivity index (χ3v) is 4.98. The van der Waals surface area contributed by atoms with Crippen molar-refractivity contribution in [2.75, 3.05) is 26.3 Å². The fourth-order valence-corrected chi connectivity index (χ4v) is 3.41. The third-order valence-electron chi connectivity index (χ3n) is 3.16. The third kappa shape index (κ3) is 2.79. The maximum absolute atomic E-state index is 12.7. The van der Waals surface area contributed by atoms with Crippen LogP contribution in [-0.2, 0) is 14.6 Å². The lowest BCUT2D eigenvalue weighted by molar-refractivity contribution is -0.0445.